The molecule has 0 atom stereocenters. The van der Waals surface area contributed by atoms with Crippen molar-refractivity contribution in [1.82, 2.24) is 0 Å². The fourth-order valence-electron chi connectivity index (χ4n) is 11.2. The zero-order valence-electron chi connectivity index (χ0n) is 38.2. The minimum absolute atomic E-state index is 0.855. The molecule has 13 aromatic carbocycles. The highest BCUT2D eigenvalue weighted by Crippen LogP contribution is 2.50. The maximum absolute atomic E-state index is 7.07. The number of hydrogen-bond acceptors (Lipinski definition) is 2. The summed E-state index contributed by atoms with van der Waals surface area (Å²) >= 11 is 0. The van der Waals surface area contributed by atoms with Gasteiger partial charge in [0.05, 0.1) is 16.8 Å². The summed E-state index contributed by atoms with van der Waals surface area (Å²) in [7, 11) is 0. The van der Waals surface area contributed by atoms with Gasteiger partial charge in [0.2, 0.25) is 0 Å². The average molecular weight is 890 g/mol. The van der Waals surface area contributed by atoms with Crippen LogP contribution in [0.3, 0.4) is 0 Å². The van der Waals surface area contributed by atoms with Crippen LogP contribution >= 0.6 is 0 Å². The van der Waals surface area contributed by atoms with E-state index >= 15 is 0 Å². The Morgan fingerprint density at radius 3 is 1.49 bits per heavy atom. The monoisotopic (exact) mass is 889 g/mol. The van der Waals surface area contributed by atoms with Crippen molar-refractivity contribution < 1.29 is 4.42 Å². The summed E-state index contributed by atoms with van der Waals surface area (Å²) in [5, 5.41) is 14.6. The molecule has 70 heavy (non-hydrogen) atoms. The molecule has 326 valence electrons. The van der Waals surface area contributed by atoms with Crippen LogP contribution in [0.15, 0.2) is 265 Å². The number of rotatable bonds is 7. The molecule has 0 radical (unpaired) electrons. The number of benzene rings is 13. The quantitative estimate of drug-likeness (QED) is 0.148. The van der Waals surface area contributed by atoms with Crippen LogP contribution in [-0.2, 0) is 0 Å². The highest BCUT2D eigenvalue weighted by molar-refractivity contribution is 6.26. The first-order valence-corrected chi connectivity index (χ1v) is 24.1. The number of fused-ring (bicyclic) bond motifs is 12. The van der Waals surface area contributed by atoms with E-state index in [9.17, 15) is 0 Å². The van der Waals surface area contributed by atoms with E-state index < -0.39 is 0 Å². The van der Waals surface area contributed by atoms with Crippen LogP contribution in [0.5, 0.6) is 0 Å². The van der Waals surface area contributed by atoms with Gasteiger partial charge in [0.15, 0.2) is 0 Å². The minimum atomic E-state index is 0.855. The SMILES string of the molecule is c1ccc(-c2ccc(-c3ccccc3N(c3ccc(-c4ccc5c6ccccc6c6ccccc6c5c4)cc3)c3ccc(-c4cc5ccccc5c5ccccc45)c4oc5ccccc5c34)cc2)cc1. The lowest BCUT2D eigenvalue weighted by atomic mass is 9.91. The molecule has 0 N–H and O–H groups in total. The third kappa shape index (κ3) is 6.42. The smallest absolute Gasteiger partial charge is 0.145 e. The summed E-state index contributed by atoms with van der Waals surface area (Å²) in [5.41, 5.74) is 14.1. The van der Waals surface area contributed by atoms with Gasteiger partial charge in [-0.05, 0) is 136 Å². The molecule has 0 aliphatic heterocycles. The molecule has 2 heteroatoms. The Labute approximate surface area is 405 Å². The van der Waals surface area contributed by atoms with E-state index in [1.807, 2.05) is 0 Å². The van der Waals surface area contributed by atoms with E-state index in [2.05, 4.69) is 266 Å². The van der Waals surface area contributed by atoms with Gasteiger partial charge in [-0.2, -0.15) is 0 Å². The second-order valence-electron chi connectivity index (χ2n) is 18.3. The van der Waals surface area contributed by atoms with Gasteiger partial charge >= 0.3 is 0 Å². The van der Waals surface area contributed by atoms with Crippen molar-refractivity contribution in [3.05, 3.63) is 261 Å². The molecule has 1 heterocycles. The van der Waals surface area contributed by atoms with Gasteiger partial charge in [0.1, 0.15) is 11.2 Å². The second kappa shape index (κ2) is 16.2. The van der Waals surface area contributed by atoms with Crippen LogP contribution in [0, 0.1) is 0 Å². The topological polar surface area (TPSA) is 16.4 Å². The molecule has 0 aliphatic rings. The van der Waals surface area contributed by atoms with E-state index in [1.54, 1.807) is 0 Å². The van der Waals surface area contributed by atoms with E-state index in [4.69, 9.17) is 4.42 Å². The lowest BCUT2D eigenvalue weighted by molar-refractivity contribution is 0.670. The van der Waals surface area contributed by atoms with Gasteiger partial charge < -0.3 is 9.32 Å². The standard InChI is InChI=1S/C68H43NO/c1-2-16-44(17-3-1)45-30-32-47(33-31-45)52-20-12-14-28-64(52)69(50-37-34-46(35-38-50)48-36-39-59-56-24-8-7-22-54(56)55-23-9-11-26-58(55)62(59)42-48)65-41-40-60(68-67(65)61-27-13-15-29-66(61)70-68)63-43-49-18-4-5-19-51(49)53-21-6-10-25-57(53)63/h1-43H. The van der Waals surface area contributed by atoms with Crippen LogP contribution in [0.4, 0.5) is 17.1 Å². The number of hydrogen-bond donors (Lipinski definition) is 0. The van der Waals surface area contributed by atoms with Gasteiger partial charge in [-0.15, -0.1) is 0 Å². The van der Waals surface area contributed by atoms with Gasteiger partial charge in [0, 0.05) is 22.2 Å². The Morgan fingerprint density at radius 1 is 0.257 bits per heavy atom. The van der Waals surface area contributed by atoms with Gasteiger partial charge in [-0.1, -0.05) is 212 Å². The molecular weight excluding hydrogens is 847 g/mol. The molecule has 2 nitrogen and oxygen atoms in total. The second-order valence-corrected chi connectivity index (χ2v) is 18.3. The van der Waals surface area contributed by atoms with Crippen LogP contribution < -0.4 is 4.90 Å². The highest BCUT2D eigenvalue weighted by Gasteiger charge is 2.25. The maximum Gasteiger partial charge on any atom is 0.145 e. The van der Waals surface area contributed by atoms with Gasteiger partial charge in [0.25, 0.3) is 0 Å². The number of para-hydroxylation sites is 2. The Bertz CT molecular complexity index is 4300. The van der Waals surface area contributed by atoms with E-state index in [-0.39, 0.29) is 0 Å². The summed E-state index contributed by atoms with van der Waals surface area (Å²) in [6.07, 6.45) is 0. The van der Waals surface area contributed by atoms with Crippen molar-refractivity contribution in [3.63, 3.8) is 0 Å². The van der Waals surface area contributed by atoms with Crippen molar-refractivity contribution in [1.29, 1.82) is 0 Å². The zero-order valence-corrected chi connectivity index (χ0v) is 38.2. The lowest BCUT2D eigenvalue weighted by Gasteiger charge is -2.29. The first-order chi connectivity index (χ1) is 34.7. The van der Waals surface area contributed by atoms with E-state index in [0.29, 0.717) is 0 Å². The fraction of sp³-hybridized carbons (Fsp3) is 0. The van der Waals surface area contributed by atoms with Crippen molar-refractivity contribution in [2.45, 2.75) is 0 Å². The van der Waals surface area contributed by atoms with E-state index in [1.165, 1.54) is 70.6 Å². The number of nitrogens with zero attached hydrogens (tertiary/aromatic N) is 1. The third-order valence-electron chi connectivity index (χ3n) is 14.5. The normalized spacial score (nSPS) is 11.7. The van der Waals surface area contributed by atoms with E-state index in [0.717, 1.165) is 66.8 Å². The molecule has 0 saturated heterocycles. The lowest BCUT2D eigenvalue weighted by Crippen LogP contribution is -2.11. The first-order valence-electron chi connectivity index (χ1n) is 24.1. The summed E-state index contributed by atoms with van der Waals surface area (Å²) in [6.45, 7) is 0. The summed E-state index contributed by atoms with van der Waals surface area (Å²) < 4.78 is 7.07. The first kappa shape index (κ1) is 39.9. The Kier molecular flexibility index (Phi) is 9.25. The molecule has 0 fully saturated rings. The number of anilines is 3. The molecule has 0 saturated carbocycles. The number of furan rings is 1. The Balaban J connectivity index is 0.982. The Morgan fingerprint density at radius 2 is 0.757 bits per heavy atom. The van der Waals surface area contributed by atoms with Crippen molar-refractivity contribution in [2.75, 3.05) is 4.90 Å². The highest BCUT2D eigenvalue weighted by atomic mass is 16.3. The molecule has 14 aromatic rings. The maximum atomic E-state index is 7.07. The summed E-state index contributed by atoms with van der Waals surface area (Å²) in [6, 6.07) is 94.9. The summed E-state index contributed by atoms with van der Waals surface area (Å²) in [4.78, 5) is 2.44. The van der Waals surface area contributed by atoms with Crippen molar-refractivity contribution in [2.24, 2.45) is 0 Å². The molecular formula is C68H43NO. The molecule has 0 unspecified atom stereocenters. The van der Waals surface area contributed by atoms with Crippen LogP contribution in [0.2, 0.25) is 0 Å². The summed E-state index contributed by atoms with van der Waals surface area (Å²) in [5.74, 6) is 0. The largest absolute Gasteiger partial charge is 0.455 e. The molecule has 0 bridgehead atoms. The van der Waals surface area contributed by atoms with Crippen LogP contribution in [0.1, 0.15) is 0 Å². The van der Waals surface area contributed by atoms with Crippen molar-refractivity contribution in [3.8, 4) is 44.5 Å². The molecule has 0 aliphatic carbocycles. The molecule has 0 spiro atoms. The van der Waals surface area contributed by atoms with Crippen molar-refractivity contribution >= 4 is 92.9 Å². The zero-order chi connectivity index (χ0) is 46.1. The minimum Gasteiger partial charge on any atom is -0.455 e. The van der Waals surface area contributed by atoms with Crippen LogP contribution in [-0.4, -0.2) is 0 Å². The predicted octanol–water partition coefficient (Wildman–Crippen LogP) is 19.5. The predicted molar refractivity (Wildman–Crippen MR) is 298 cm³/mol. The fourth-order valence-corrected chi connectivity index (χ4v) is 11.2. The van der Waals surface area contributed by atoms with Gasteiger partial charge in [-0.3, -0.25) is 0 Å². The Hall–Kier alpha value is -9.24. The molecule has 14 rings (SSSR count). The van der Waals surface area contributed by atoms with Gasteiger partial charge in [-0.25, -0.2) is 0 Å². The molecule has 1 aromatic heterocycles. The third-order valence-corrected chi connectivity index (χ3v) is 14.5. The molecule has 0 amide bonds. The van der Waals surface area contributed by atoms with Crippen LogP contribution in [0.25, 0.3) is 120 Å². The average Bonchev–Trinajstić information content (AvgIpc) is 3.84.